The van der Waals surface area contributed by atoms with E-state index in [0.29, 0.717) is 45.3 Å². The van der Waals surface area contributed by atoms with Crippen LogP contribution in [0.1, 0.15) is 38.3 Å². The number of carbonyl (C=O) groups is 2. The van der Waals surface area contributed by atoms with Crippen LogP contribution in [-0.4, -0.2) is 70.5 Å². The average Bonchev–Trinajstić information content (AvgIpc) is 3.21. The van der Waals surface area contributed by atoms with Gasteiger partial charge in [0.1, 0.15) is 18.8 Å². The van der Waals surface area contributed by atoms with Gasteiger partial charge in [0, 0.05) is 25.2 Å². The van der Waals surface area contributed by atoms with E-state index in [1.165, 1.54) is 6.33 Å². The van der Waals surface area contributed by atoms with Crippen molar-refractivity contribution in [3.63, 3.8) is 0 Å². The van der Waals surface area contributed by atoms with E-state index in [2.05, 4.69) is 35.0 Å². The van der Waals surface area contributed by atoms with E-state index in [4.69, 9.17) is 0 Å². The molecule has 180 valence electrons. The van der Waals surface area contributed by atoms with Crippen molar-refractivity contribution in [1.29, 1.82) is 0 Å². The fourth-order valence-corrected chi connectivity index (χ4v) is 2.74. The van der Waals surface area contributed by atoms with Crippen molar-refractivity contribution in [3.8, 4) is 0 Å². The third-order valence-corrected chi connectivity index (χ3v) is 4.16. The Morgan fingerprint density at radius 3 is 2.53 bits per heavy atom. The zero-order valence-electron chi connectivity index (χ0n) is 17.7. The summed E-state index contributed by atoms with van der Waals surface area (Å²) in [6.07, 6.45) is 4.54. The van der Waals surface area contributed by atoms with Crippen molar-refractivity contribution in [3.05, 3.63) is 38.4 Å². The second-order valence-corrected chi connectivity index (χ2v) is 6.77. The lowest BCUT2D eigenvalue weighted by atomic mass is 10.1. The first kappa shape index (κ1) is 26.7. The largest absolute Gasteiger partial charge is 0.392 e. The lowest BCUT2D eigenvalue weighted by Crippen LogP contribution is -2.41. The number of rotatable bonds is 18. The normalized spacial score (nSPS) is 12.5. The van der Waals surface area contributed by atoms with Crippen LogP contribution in [0.15, 0.2) is 12.5 Å². The third-order valence-electron chi connectivity index (χ3n) is 4.16. The molecule has 0 bridgehead atoms. The molecule has 0 saturated heterocycles. The summed E-state index contributed by atoms with van der Waals surface area (Å²) in [4.78, 5) is 59.0. The fraction of sp³-hybridized carbons (Fsp3) is 0.706. The Hall–Kier alpha value is -3.33. The van der Waals surface area contributed by atoms with E-state index in [-0.39, 0.29) is 6.42 Å². The molecule has 0 amide bonds. The van der Waals surface area contributed by atoms with E-state index < -0.39 is 40.9 Å². The van der Waals surface area contributed by atoms with Crippen LogP contribution < -0.4 is 10.6 Å². The number of nitrogens with zero attached hydrogens (tertiary/aromatic N) is 3. The quantitative estimate of drug-likeness (QED) is 0.0867. The highest BCUT2D eigenvalue weighted by atomic mass is 17.0. The summed E-state index contributed by atoms with van der Waals surface area (Å²) in [6.45, 7) is 2.43. The van der Waals surface area contributed by atoms with E-state index >= 15 is 0 Å². The molecule has 1 rings (SSSR count). The Morgan fingerprint density at radius 1 is 1.16 bits per heavy atom. The van der Waals surface area contributed by atoms with Gasteiger partial charge in [-0.15, -0.1) is 20.2 Å². The maximum Gasteiger partial charge on any atom is 0.331 e. The third kappa shape index (κ3) is 13.1. The highest BCUT2D eigenvalue weighted by Crippen LogP contribution is 2.06. The van der Waals surface area contributed by atoms with Crippen LogP contribution in [0.5, 0.6) is 0 Å². The summed E-state index contributed by atoms with van der Waals surface area (Å²) in [5.74, 6) is -1.34. The Morgan fingerprint density at radius 2 is 1.91 bits per heavy atom. The summed E-state index contributed by atoms with van der Waals surface area (Å²) < 4.78 is 4.67. The van der Waals surface area contributed by atoms with E-state index in [1.54, 1.807) is 6.20 Å². The number of ether oxygens (including phenoxy) is 1. The van der Waals surface area contributed by atoms with Crippen LogP contribution in [-0.2, 0) is 30.4 Å². The average molecular weight is 460 g/mol. The molecule has 0 aliphatic carbocycles. The molecule has 1 aromatic heterocycles. The molecule has 32 heavy (non-hydrogen) atoms. The molecule has 0 spiro atoms. The number of H-pyrrole nitrogens is 1. The number of nitrogens with one attached hydrogen (secondary N) is 3. The number of unbranched alkanes of at least 4 members (excludes halogenated alkanes) is 1. The summed E-state index contributed by atoms with van der Waals surface area (Å²) in [5.41, 5.74) is 0.726. The lowest BCUT2D eigenvalue weighted by molar-refractivity contribution is -0.790. The van der Waals surface area contributed by atoms with Gasteiger partial charge in [-0.25, -0.2) is 9.78 Å². The molecular formula is C17H28N6O9. The lowest BCUT2D eigenvalue weighted by Gasteiger charge is -2.16. The van der Waals surface area contributed by atoms with Gasteiger partial charge in [-0.1, -0.05) is 0 Å². The summed E-state index contributed by atoms with van der Waals surface area (Å²) >= 11 is 0. The van der Waals surface area contributed by atoms with Crippen LogP contribution in [0.3, 0.4) is 0 Å². The molecule has 1 heterocycles. The minimum atomic E-state index is -1.02. The topological polar surface area (TPSA) is 201 Å². The first-order chi connectivity index (χ1) is 15.3. The van der Waals surface area contributed by atoms with E-state index in [0.717, 1.165) is 12.6 Å². The molecule has 15 nitrogen and oxygen atoms in total. The number of hydrogen-bond acceptors (Lipinski definition) is 12. The van der Waals surface area contributed by atoms with Gasteiger partial charge < -0.3 is 30.0 Å². The Labute approximate surface area is 183 Å². The van der Waals surface area contributed by atoms with Gasteiger partial charge in [0.2, 0.25) is 0 Å². The Kier molecular flexibility index (Phi) is 12.9. The highest BCUT2D eigenvalue weighted by Gasteiger charge is 2.22. The fourth-order valence-electron chi connectivity index (χ4n) is 2.74. The van der Waals surface area contributed by atoms with Crippen molar-refractivity contribution < 1.29 is 34.2 Å². The maximum absolute atomic E-state index is 12.1. The van der Waals surface area contributed by atoms with Gasteiger partial charge in [0.25, 0.3) is 10.2 Å². The zero-order chi connectivity index (χ0) is 23.8. The molecular weight excluding hydrogens is 432 g/mol. The van der Waals surface area contributed by atoms with Crippen LogP contribution in [0.2, 0.25) is 0 Å². The van der Waals surface area contributed by atoms with Gasteiger partial charge in [-0.05, 0) is 45.3 Å². The molecule has 0 saturated carbocycles. The predicted octanol–water partition coefficient (Wildman–Crippen LogP) is -0.0647. The van der Waals surface area contributed by atoms with Crippen molar-refractivity contribution in [2.75, 3.05) is 26.2 Å². The number of imidazole rings is 1. The van der Waals surface area contributed by atoms with Crippen LogP contribution in [0.25, 0.3) is 0 Å². The standard InChI is InChI=1S/C17H28N6O9/c1-13(24)31-17(25)16(9-14-10-19-12-21-14)20-8-4-7-18-6-3-2-5-15(32-23(28)29)11-30-22(26)27/h10,12,15-16,18,20H,2-9,11H2,1H3,(H,19,21)/t15-,16-/m0/s1. The van der Waals surface area contributed by atoms with Gasteiger partial charge in [-0.3, -0.25) is 4.79 Å². The predicted molar refractivity (Wildman–Crippen MR) is 107 cm³/mol. The molecule has 0 fully saturated rings. The second kappa shape index (κ2) is 15.5. The van der Waals surface area contributed by atoms with Crippen LogP contribution in [0, 0.1) is 20.2 Å². The van der Waals surface area contributed by atoms with Crippen molar-refractivity contribution in [2.24, 2.45) is 0 Å². The van der Waals surface area contributed by atoms with Crippen molar-refractivity contribution in [1.82, 2.24) is 20.6 Å². The van der Waals surface area contributed by atoms with Crippen molar-refractivity contribution in [2.45, 2.75) is 51.2 Å². The van der Waals surface area contributed by atoms with Crippen LogP contribution in [0.4, 0.5) is 0 Å². The Balaban J connectivity index is 2.20. The number of aromatic amines is 1. The number of aromatic nitrogens is 2. The number of carbonyl (C=O) groups excluding carboxylic acids is 2. The molecule has 3 N–H and O–H groups in total. The van der Waals surface area contributed by atoms with E-state index in [1.807, 2.05) is 0 Å². The molecule has 0 aliphatic rings. The van der Waals surface area contributed by atoms with Crippen LogP contribution >= 0.6 is 0 Å². The van der Waals surface area contributed by atoms with Crippen molar-refractivity contribution >= 4 is 11.9 Å². The zero-order valence-corrected chi connectivity index (χ0v) is 17.7. The smallest absolute Gasteiger partial charge is 0.331 e. The molecule has 15 heteroatoms. The number of esters is 2. The molecule has 1 aromatic rings. The molecule has 0 unspecified atom stereocenters. The Bertz CT molecular complexity index is 715. The van der Waals surface area contributed by atoms with Gasteiger partial charge in [0.05, 0.1) is 6.33 Å². The molecule has 0 aliphatic heterocycles. The summed E-state index contributed by atoms with van der Waals surface area (Å²) in [6, 6.07) is -0.695. The number of hydrogen-bond donors (Lipinski definition) is 3. The molecule has 0 aromatic carbocycles. The minimum Gasteiger partial charge on any atom is -0.392 e. The monoisotopic (exact) mass is 460 g/mol. The van der Waals surface area contributed by atoms with Gasteiger partial charge in [0.15, 0.2) is 0 Å². The maximum atomic E-state index is 12.1. The molecule has 2 atom stereocenters. The first-order valence-electron chi connectivity index (χ1n) is 10.00. The van der Waals surface area contributed by atoms with E-state index in [9.17, 15) is 29.8 Å². The summed E-state index contributed by atoms with van der Waals surface area (Å²) in [5, 5.41) is 24.8. The molecule has 0 radical (unpaired) electrons. The second-order valence-electron chi connectivity index (χ2n) is 6.77. The van der Waals surface area contributed by atoms with Gasteiger partial charge in [-0.2, -0.15) is 0 Å². The summed E-state index contributed by atoms with van der Waals surface area (Å²) in [7, 11) is 0. The first-order valence-corrected chi connectivity index (χ1v) is 10.00. The highest BCUT2D eigenvalue weighted by molar-refractivity contribution is 5.87. The minimum absolute atomic E-state index is 0.242. The SMILES string of the molecule is CC(=O)OC(=O)[C@H](Cc1cnc[nH]1)NCCCNCCCC[C@@H](CO[N+](=O)[O-])O[N+](=O)[O-]. The van der Waals surface area contributed by atoms with Gasteiger partial charge >= 0.3 is 11.9 Å².